The minimum absolute atomic E-state index is 0.154. The molecule has 0 unspecified atom stereocenters. The summed E-state index contributed by atoms with van der Waals surface area (Å²) < 4.78 is 20.1. The van der Waals surface area contributed by atoms with Crippen LogP contribution in [0, 0.1) is 30.1 Å². The zero-order valence-corrected chi connectivity index (χ0v) is 21.0. The minimum Gasteiger partial charge on any atom is -0.481 e. The fourth-order valence-corrected chi connectivity index (χ4v) is 4.96. The van der Waals surface area contributed by atoms with Gasteiger partial charge in [0.25, 0.3) is 0 Å². The summed E-state index contributed by atoms with van der Waals surface area (Å²) in [6.07, 6.45) is 7.45. The Morgan fingerprint density at radius 2 is 1.97 bits per heavy atom. The Morgan fingerprint density at radius 3 is 2.58 bits per heavy atom. The first-order chi connectivity index (χ1) is 18.4. The molecule has 0 bridgehead atoms. The van der Waals surface area contributed by atoms with Crippen LogP contribution in [0.5, 0.6) is 5.88 Å². The first kappa shape index (κ1) is 24.9. The van der Waals surface area contributed by atoms with E-state index >= 15 is 0 Å². The van der Waals surface area contributed by atoms with E-state index in [2.05, 4.69) is 21.3 Å². The number of aryl methyl sites for hydroxylation is 1. The van der Waals surface area contributed by atoms with Crippen LogP contribution >= 0.6 is 0 Å². The van der Waals surface area contributed by atoms with Crippen LogP contribution in [0.2, 0.25) is 0 Å². The number of aromatic amines is 1. The Balaban J connectivity index is 1.83. The van der Waals surface area contributed by atoms with Crippen molar-refractivity contribution in [2.24, 2.45) is 5.92 Å². The van der Waals surface area contributed by atoms with E-state index in [1.165, 1.54) is 6.08 Å². The number of nitrogens with one attached hydrogen (secondary N) is 1. The van der Waals surface area contributed by atoms with Crippen molar-refractivity contribution >= 4 is 34.1 Å². The molecule has 8 heteroatoms. The van der Waals surface area contributed by atoms with Gasteiger partial charge in [0, 0.05) is 29.5 Å². The average molecular weight is 509 g/mol. The number of fused-ring (bicyclic) bond motifs is 1. The summed E-state index contributed by atoms with van der Waals surface area (Å²) in [6, 6.07) is 15.1. The molecule has 0 spiro atoms. The lowest BCUT2D eigenvalue weighted by Crippen LogP contribution is -2.16. The fraction of sp³-hybridized carbons (Fsp3) is 0.200. The number of aliphatic carboxylic acids is 1. The zero-order chi connectivity index (χ0) is 26.8. The minimum atomic E-state index is -1.03. The Kier molecular flexibility index (Phi) is 6.75. The summed E-state index contributed by atoms with van der Waals surface area (Å²) in [5.74, 6) is -0.949. The molecule has 1 saturated carbocycles. The van der Waals surface area contributed by atoms with Gasteiger partial charge in [-0.3, -0.25) is 5.10 Å². The van der Waals surface area contributed by atoms with Crippen LogP contribution in [0.1, 0.15) is 52.6 Å². The number of ether oxygens (including phenoxy) is 1. The number of rotatable bonds is 7. The molecular weight excluding hydrogens is 483 g/mol. The molecular formula is C30H25FN4O3. The highest BCUT2D eigenvalue weighted by Gasteiger charge is 2.30. The lowest BCUT2D eigenvalue weighted by Gasteiger charge is -2.32. The molecule has 0 amide bonds. The van der Waals surface area contributed by atoms with Gasteiger partial charge in [0.05, 0.1) is 23.6 Å². The van der Waals surface area contributed by atoms with Gasteiger partial charge in [-0.2, -0.15) is 14.8 Å². The lowest BCUT2D eigenvalue weighted by molar-refractivity contribution is -0.131. The third-order valence-electron chi connectivity index (χ3n) is 7.04. The number of allylic oxidation sites excluding steroid dienone is 1. The predicted octanol–water partition coefficient (Wildman–Crippen LogP) is 6.14. The number of benzene rings is 2. The van der Waals surface area contributed by atoms with E-state index in [0.29, 0.717) is 17.0 Å². The molecule has 2 aromatic heterocycles. The average Bonchev–Trinajstić information content (AvgIpc) is 3.27. The van der Waals surface area contributed by atoms with Crippen LogP contribution in [0.3, 0.4) is 0 Å². The quantitative estimate of drug-likeness (QED) is 0.290. The standard InChI is InChI=1S/C30H25FN4O3/c1-17-14-25(38-2)33-16-23(17)28(19-4-3-5-19)27(20-9-6-18(7-10-20)8-13-26(36)37)21-11-12-24-29(22(21)15-32)30(31)35-34-24/h6-14,16,19H,3-5H2,1-2H3,(H,34,35)(H,36,37)/b13-8+,28-27+. The number of carbonyl (C=O) groups is 1. The monoisotopic (exact) mass is 508 g/mol. The molecule has 0 radical (unpaired) electrons. The van der Waals surface area contributed by atoms with E-state index in [1.807, 2.05) is 43.3 Å². The molecule has 1 aliphatic rings. The summed E-state index contributed by atoms with van der Waals surface area (Å²) in [7, 11) is 1.57. The second-order valence-electron chi connectivity index (χ2n) is 9.28. The largest absolute Gasteiger partial charge is 0.481 e. The molecule has 5 rings (SSSR count). The van der Waals surface area contributed by atoms with Crippen molar-refractivity contribution in [3.8, 4) is 11.9 Å². The molecule has 2 N–H and O–H groups in total. The Labute approximate surface area is 218 Å². The molecule has 1 aliphatic carbocycles. The SMILES string of the molecule is COc1cc(C)c(/C(=C(\c2ccc(/C=C/C(=O)O)cc2)c2ccc3n[nH]c(F)c3c2C#N)C2CCC2)cn1. The van der Waals surface area contributed by atoms with E-state index in [1.54, 1.807) is 19.4 Å². The number of carboxylic acids is 1. The maximum atomic E-state index is 14.8. The van der Waals surface area contributed by atoms with E-state index in [-0.39, 0.29) is 16.9 Å². The Morgan fingerprint density at radius 1 is 1.21 bits per heavy atom. The van der Waals surface area contributed by atoms with Gasteiger partial charge in [-0.25, -0.2) is 9.78 Å². The van der Waals surface area contributed by atoms with Crippen molar-refractivity contribution in [3.63, 3.8) is 0 Å². The van der Waals surface area contributed by atoms with Crippen molar-refractivity contribution in [2.75, 3.05) is 7.11 Å². The highest BCUT2D eigenvalue weighted by Crippen LogP contribution is 2.47. The molecule has 1 fully saturated rings. The van der Waals surface area contributed by atoms with Crippen LogP contribution in [0.15, 0.2) is 54.7 Å². The first-order valence-corrected chi connectivity index (χ1v) is 12.2. The number of carboxylic acid groups (broad SMARTS) is 1. The highest BCUT2D eigenvalue weighted by molar-refractivity contribution is 6.04. The number of nitriles is 1. The smallest absolute Gasteiger partial charge is 0.328 e. The van der Waals surface area contributed by atoms with Gasteiger partial charge >= 0.3 is 5.97 Å². The van der Waals surface area contributed by atoms with Gasteiger partial charge in [0.15, 0.2) is 0 Å². The number of H-pyrrole nitrogens is 1. The van der Waals surface area contributed by atoms with Crippen molar-refractivity contribution in [2.45, 2.75) is 26.2 Å². The maximum absolute atomic E-state index is 14.8. The van der Waals surface area contributed by atoms with Crippen molar-refractivity contribution < 1.29 is 19.0 Å². The van der Waals surface area contributed by atoms with Gasteiger partial charge < -0.3 is 9.84 Å². The van der Waals surface area contributed by atoms with E-state index in [9.17, 15) is 14.4 Å². The summed E-state index contributed by atoms with van der Waals surface area (Å²) >= 11 is 0. The highest BCUT2D eigenvalue weighted by atomic mass is 19.1. The van der Waals surface area contributed by atoms with Crippen molar-refractivity contribution in [3.05, 3.63) is 94.1 Å². The zero-order valence-electron chi connectivity index (χ0n) is 21.0. The van der Waals surface area contributed by atoms with E-state index in [4.69, 9.17) is 9.84 Å². The first-order valence-electron chi connectivity index (χ1n) is 12.2. The second-order valence-corrected chi connectivity index (χ2v) is 9.28. The van der Waals surface area contributed by atoms with Gasteiger partial charge in [-0.1, -0.05) is 36.8 Å². The van der Waals surface area contributed by atoms with Crippen molar-refractivity contribution in [1.29, 1.82) is 5.26 Å². The molecule has 0 atom stereocenters. The second kappa shape index (κ2) is 10.3. The summed E-state index contributed by atoms with van der Waals surface area (Å²) in [5, 5.41) is 25.7. The van der Waals surface area contributed by atoms with Gasteiger partial charge in [0.2, 0.25) is 11.8 Å². The molecule has 7 nitrogen and oxygen atoms in total. The number of nitrogens with zero attached hydrogens (tertiary/aromatic N) is 3. The lowest BCUT2D eigenvalue weighted by atomic mass is 9.72. The molecule has 0 saturated heterocycles. The summed E-state index contributed by atoms with van der Waals surface area (Å²) in [4.78, 5) is 15.5. The van der Waals surface area contributed by atoms with E-state index in [0.717, 1.165) is 58.7 Å². The molecule has 38 heavy (non-hydrogen) atoms. The van der Waals surface area contributed by atoms with Crippen LogP contribution in [0.4, 0.5) is 4.39 Å². The van der Waals surface area contributed by atoms with E-state index < -0.39 is 11.9 Å². The Bertz CT molecular complexity index is 1640. The number of pyridine rings is 1. The van der Waals surface area contributed by atoms with Crippen LogP contribution in [0.25, 0.3) is 28.1 Å². The molecule has 2 heterocycles. The molecule has 0 aliphatic heterocycles. The summed E-state index contributed by atoms with van der Waals surface area (Å²) in [6.45, 7) is 2.00. The molecule has 190 valence electrons. The maximum Gasteiger partial charge on any atom is 0.328 e. The predicted molar refractivity (Wildman–Crippen MR) is 143 cm³/mol. The number of hydrogen-bond acceptors (Lipinski definition) is 5. The number of methoxy groups -OCH3 is 1. The van der Waals surface area contributed by atoms with Gasteiger partial charge in [0.1, 0.15) is 6.07 Å². The molecule has 4 aromatic rings. The normalized spacial score (nSPS) is 14.3. The Hall–Kier alpha value is -4.77. The van der Waals surface area contributed by atoms with Crippen LogP contribution < -0.4 is 4.74 Å². The number of hydrogen-bond donors (Lipinski definition) is 2. The fourth-order valence-electron chi connectivity index (χ4n) is 4.96. The third kappa shape index (κ3) is 4.55. The third-order valence-corrected chi connectivity index (χ3v) is 7.04. The topological polar surface area (TPSA) is 112 Å². The molecule has 2 aromatic carbocycles. The summed E-state index contributed by atoms with van der Waals surface area (Å²) in [5.41, 5.74) is 6.51. The van der Waals surface area contributed by atoms with Crippen LogP contribution in [-0.4, -0.2) is 33.4 Å². The van der Waals surface area contributed by atoms with Crippen LogP contribution in [-0.2, 0) is 4.79 Å². The van der Waals surface area contributed by atoms with Gasteiger partial charge in [-0.05, 0) is 65.7 Å². The number of aromatic nitrogens is 3. The number of halogens is 1. The van der Waals surface area contributed by atoms with Crippen molar-refractivity contribution in [1.82, 2.24) is 15.2 Å². The van der Waals surface area contributed by atoms with Gasteiger partial charge in [-0.15, -0.1) is 0 Å².